The summed E-state index contributed by atoms with van der Waals surface area (Å²) in [6.07, 6.45) is 1.74. The monoisotopic (exact) mass is 505 g/mol. The zero-order valence-corrected chi connectivity index (χ0v) is 22.4. The molecule has 2 aromatic carbocycles. The summed E-state index contributed by atoms with van der Waals surface area (Å²) in [5, 5.41) is 0. The summed E-state index contributed by atoms with van der Waals surface area (Å²) in [5.74, 6) is -0.381. The summed E-state index contributed by atoms with van der Waals surface area (Å²) >= 11 is 0. The van der Waals surface area contributed by atoms with Crippen LogP contribution in [0.5, 0.6) is 0 Å². The number of benzene rings is 2. The predicted molar refractivity (Wildman–Crippen MR) is 141 cm³/mol. The van der Waals surface area contributed by atoms with Crippen molar-refractivity contribution in [3.8, 4) is 0 Å². The van der Waals surface area contributed by atoms with E-state index in [-0.39, 0.29) is 17.9 Å². The highest BCUT2D eigenvalue weighted by Crippen LogP contribution is 2.47. The van der Waals surface area contributed by atoms with Crippen LogP contribution in [-0.2, 0) is 18.3 Å². The first kappa shape index (κ1) is 26.3. The van der Waals surface area contributed by atoms with Gasteiger partial charge >= 0.3 is 5.76 Å². The molecule has 0 aliphatic heterocycles. The van der Waals surface area contributed by atoms with E-state index in [0.29, 0.717) is 42.8 Å². The number of amides is 2. The molecule has 1 heterocycles. The van der Waals surface area contributed by atoms with E-state index in [1.54, 1.807) is 42.7 Å². The van der Waals surface area contributed by atoms with Crippen LogP contribution in [0.3, 0.4) is 0 Å². The van der Waals surface area contributed by atoms with Gasteiger partial charge in [0.15, 0.2) is 5.82 Å². The Hall–Kier alpha value is -3.72. The van der Waals surface area contributed by atoms with Crippen LogP contribution in [0.15, 0.2) is 45.7 Å². The number of carbonyl (C=O) groups is 2. The molecule has 1 aliphatic carbocycles. The minimum Gasteiger partial charge on any atom is -0.345 e. The summed E-state index contributed by atoms with van der Waals surface area (Å²) in [6, 6.07) is 11.2. The Morgan fingerprint density at radius 3 is 1.86 bits per heavy atom. The number of nitrogens with two attached hydrogens (primary N) is 1. The molecule has 0 fully saturated rings. The number of hydrogen-bond acceptors (Lipinski definition) is 6. The lowest BCUT2D eigenvalue weighted by Gasteiger charge is -2.36. The Kier molecular flexibility index (Phi) is 7.10. The van der Waals surface area contributed by atoms with Gasteiger partial charge in [-0.05, 0) is 86.2 Å². The van der Waals surface area contributed by atoms with Crippen LogP contribution in [0, 0.1) is 0 Å². The van der Waals surface area contributed by atoms with Gasteiger partial charge in [-0.25, -0.2) is 4.79 Å². The molecule has 2 amide bonds. The lowest BCUT2D eigenvalue weighted by molar-refractivity contribution is 0.0820. The highest BCUT2D eigenvalue weighted by Gasteiger charge is 2.45. The maximum Gasteiger partial charge on any atom is 0.459 e. The number of fused-ring (bicyclic) bond motifs is 2. The maximum absolute atomic E-state index is 12.8. The molecule has 2 N–H and O–H groups in total. The summed E-state index contributed by atoms with van der Waals surface area (Å²) in [6.45, 7) is 4.18. The van der Waals surface area contributed by atoms with Crippen LogP contribution in [0.2, 0.25) is 0 Å². The second kappa shape index (κ2) is 9.97. The lowest BCUT2D eigenvalue weighted by Crippen LogP contribution is -2.37. The molecule has 4 rings (SSSR count). The minimum atomic E-state index is -0.911. The van der Waals surface area contributed by atoms with Gasteiger partial charge in [-0.1, -0.05) is 12.1 Å². The molecule has 0 spiro atoms. The molecule has 0 saturated heterocycles. The van der Waals surface area contributed by atoms with E-state index in [0.717, 1.165) is 22.3 Å². The van der Waals surface area contributed by atoms with Crippen molar-refractivity contribution < 1.29 is 14.1 Å². The molecular formula is C28H35N5O4. The molecule has 0 unspecified atom stereocenters. The quantitative estimate of drug-likeness (QED) is 0.551. The van der Waals surface area contributed by atoms with Crippen molar-refractivity contribution >= 4 is 11.8 Å². The van der Waals surface area contributed by atoms with E-state index in [4.69, 9.17) is 10.3 Å². The van der Waals surface area contributed by atoms with Gasteiger partial charge in [0, 0.05) is 39.3 Å². The number of aryl methyl sites for hydroxylation is 2. The Morgan fingerprint density at radius 1 is 0.973 bits per heavy atom. The van der Waals surface area contributed by atoms with Crippen molar-refractivity contribution in [1.29, 1.82) is 0 Å². The van der Waals surface area contributed by atoms with Crippen LogP contribution in [0.25, 0.3) is 0 Å². The number of carbonyl (C=O) groups excluding carboxylic acids is 2. The van der Waals surface area contributed by atoms with Gasteiger partial charge < -0.3 is 20.1 Å². The van der Waals surface area contributed by atoms with Crippen molar-refractivity contribution in [3.05, 3.63) is 86.2 Å². The standard InChI is InChI=1S/C28H35N5O4/c1-17(2)33-26(30-27(36)37-33)28(13-14-29)22-11-9-20(24(34)31(3)4)15-18(22)7-8-19-16-21(10-12-23(19)28)25(35)32(5)6/h9-12,15-17H,7-8,13-14,29H2,1-6H3. The molecule has 1 aromatic heterocycles. The second-order valence-corrected chi connectivity index (χ2v) is 10.3. The summed E-state index contributed by atoms with van der Waals surface area (Å²) in [4.78, 5) is 45.6. The van der Waals surface area contributed by atoms with Gasteiger partial charge in [-0.15, -0.1) is 0 Å². The molecule has 0 bridgehead atoms. The Morgan fingerprint density at radius 2 is 1.46 bits per heavy atom. The SMILES string of the molecule is CC(C)n1oc(=O)nc1C1(CCN)c2ccc(C(=O)N(C)C)cc2CCc2cc(C(=O)N(C)C)ccc21. The second-order valence-electron chi connectivity index (χ2n) is 10.3. The van der Waals surface area contributed by atoms with Crippen molar-refractivity contribution in [2.75, 3.05) is 34.7 Å². The molecule has 1 aliphatic rings. The van der Waals surface area contributed by atoms with Crippen molar-refractivity contribution in [3.63, 3.8) is 0 Å². The minimum absolute atomic E-state index is 0.0895. The van der Waals surface area contributed by atoms with Crippen LogP contribution in [0.4, 0.5) is 0 Å². The maximum atomic E-state index is 12.8. The topological polar surface area (TPSA) is 115 Å². The third kappa shape index (κ3) is 4.48. The van der Waals surface area contributed by atoms with Gasteiger partial charge in [0.2, 0.25) is 0 Å². The molecule has 3 aromatic rings. The number of rotatable bonds is 6. The Bertz CT molecular complexity index is 1330. The first-order valence-corrected chi connectivity index (χ1v) is 12.5. The van der Waals surface area contributed by atoms with Gasteiger partial charge in [-0.3, -0.25) is 9.59 Å². The summed E-state index contributed by atoms with van der Waals surface area (Å²) in [7, 11) is 6.90. The van der Waals surface area contributed by atoms with E-state index in [1.165, 1.54) is 0 Å². The van der Waals surface area contributed by atoms with E-state index in [1.807, 2.05) is 50.2 Å². The van der Waals surface area contributed by atoms with Crippen LogP contribution in [0.1, 0.15) is 75.1 Å². The van der Waals surface area contributed by atoms with E-state index in [9.17, 15) is 14.4 Å². The third-order valence-electron chi connectivity index (χ3n) is 7.05. The Balaban J connectivity index is 2.09. The fourth-order valence-electron chi connectivity index (χ4n) is 5.39. The van der Waals surface area contributed by atoms with Gasteiger partial charge in [0.25, 0.3) is 11.8 Å². The average molecular weight is 506 g/mol. The largest absolute Gasteiger partial charge is 0.459 e. The average Bonchev–Trinajstić information content (AvgIpc) is 3.21. The summed E-state index contributed by atoms with van der Waals surface area (Å²) in [5.41, 5.74) is 10.3. The van der Waals surface area contributed by atoms with Crippen molar-refractivity contribution in [2.24, 2.45) is 5.73 Å². The van der Waals surface area contributed by atoms with Crippen LogP contribution < -0.4 is 11.5 Å². The summed E-state index contributed by atoms with van der Waals surface area (Å²) < 4.78 is 7.11. The van der Waals surface area contributed by atoms with Crippen molar-refractivity contribution in [2.45, 2.75) is 44.6 Å². The number of nitrogens with zero attached hydrogens (tertiary/aromatic N) is 4. The number of aromatic nitrogens is 2. The smallest absolute Gasteiger partial charge is 0.345 e. The van der Waals surface area contributed by atoms with Gasteiger partial charge in [0.1, 0.15) is 0 Å². The van der Waals surface area contributed by atoms with Crippen molar-refractivity contribution in [1.82, 2.24) is 19.5 Å². The highest BCUT2D eigenvalue weighted by molar-refractivity contribution is 5.95. The van der Waals surface area contributed by atoms with Crippen LogP contribution >= 0.6 is 0 Å². The molecule has 9 heteroatoms. The Labute approximate surface area is 216 Å². The number of hydrogen-bond donors (Lipinski definition) is 1. The lowest BCUT2D eigenvalue weighted by atomic mass is 9.69. The van der Waals surface area contributed by atoms with Gasteiger partial charge in [-0.2, -0.15) is 9.72 Å². The molecule has 0 atom stereocenters. The normalized spacial score (nSPS) is 14.1. The first-order valence-electron chi connectivity index (χ1n) is 12.5. The first-order chi connectivity index (χ1) is 17.5. The van der Waals surface area contributed by atoms with Crippen LogP contribution in [-0.4, -0.2) is 66.1 Å². The molecular weight excluding hydrogens is 470 g/mol. The zero-order chi connectivity index (χ0) is 27.1. The molecule has 9 nitrogen and oxygen atoms in total. The van der Waals surface area contributed by atoms with E-state index < -0.39 is 11.2 Å². The third-order valence-corrected chi connectivity index (χ3v) is 7.05. The fraction of sp³-hybridized carbons (Fsp3) is 0.429. The molecule has 196 valence electrons. The fourth-order valence-corrected chi connectivity index (χ4v) is 5.39. The van der Waals surface area contributed by atoms with E-state index >= 15 is 0 Å². The predicted octanol–water partition coefficient (Wildman–Crippen LogP) is 2.60. The highest BCUT2D eigenvalue weighted by atomic mass is 16.5. The molecule has 37 heavy (non-hydrogen) atoms. The zero-order valence-electron chi connectivity index (χ0n) is 22.4. The molecule has 0 saturated carbocycles. The van der Waals surface area contributed by atoms with E-state index in [2.05, 4.69) is 4.98 Å². The molecule has 0 radical (unpaired) electrons. The van der Waals surface area contributed by atoms with Gasteiger partial charge in [0.05, 0.1) is 11.5 Å².